The monoisotopic (exact) mass is 391 g/mol. The van der Waals surface area contributed by atoms with E-state index in [-0.39, 0.29) is 5.91 Å². The molecule has 6 nitrogen and oxygen atoms in total. The third-order valence-corrected chi connectivity index (χ3v) is 5.98. The van der Waals surface area contributed by atoms with Crippen LogP contribution in [0.5, 0.6) is 0 Å². The van der Waals surface area contributed by atoms with Gasteiger partial charge in [0.2, 0.25) is 16.0 Å². The maximum absolute atomic E-state index is 12.6. The molecule has 0 unspecified atom stereocenters. The lowest BCUT2D eigenvalue weighted by Gasteiger charge is -2.35. The Hall–Kier alpha value is -1.42. The molecule has 2 aliphatic rings. The van der Waals surface area contributed by atoms with E-state index in [9.17, 15) is 18.0 Å². The highest BCUT2D eigenvalue weighted by Gasteiger charge is 2.36. The van der Waals surface area contributed by atoms with Crippen LogP contribution in [-0.4, -0.2) is 71.7 Å². The number of hydrogen-bond donors (Lipinski definition) is 0. The summed E-state index contributed by atoms with van der Waals surface area (Å²) in [7, 11) is 0. The molecule has 26 heavy (non-hydrogen) atoms. The highest BCUT2D eigenvalue weighted by molar-refractivity contribution is 7.15. The van der Waals surface area contributed by atoms with E-state index in [1.807, 2.05) is 9.80 Å². The summed E-state index contributed by atoms with van der Waals surface area (Å²) in [6, 6.07) is 0. The number of nitrogens with zero attached hydrogens (tertiary/aromatic N) is 5. The van der Waals surface area contributed by atoms with Crippen molar-refractivity contribution in [2.24, 2.45) is 5.92 Å². The van der Waals surface area contributed by atoms with Crippen molar-refractivity contribution < 1.29 is 18.0 Å². The van der Waals surface area contributed by atoms with Crippen molar-refractivity contribution in [2.45, 2.75) is 32.4 Å². The predicted molar refractivity (Wildman–Crippen MR) is 93.2 cm³/mol. The van der Waals surface area contributed by atoms with Gasteiger partial charge in [0.05, 0.1) is 0 Å². The Morgan fingerprint density at radius 1 is 1.19 bits per heavy atom. The molecule has 1 aromatic rings. The Morgan fingerprint density at radius 2 is 1.92 bits per heavy atom. The molecule has 2 fully saturated rings. The zero-order valence-corrected chi connectivity index (χ0v) is 15.7. The molecule has 3 heterocycles. The number of carbonyl (C=O) groups is 1. The molecule has 0 saturated carbocycles. The van der Waals surface area contributed by atoms with Crippen LogP contribution in [0.1, 0.15) is 31.2 Å². The first-order valence-corrected chi connectivity index (χ1v) is 9.80. The van der Waals surface area contributed by atoms with E-state index in [0.29, 0.717) is 61.5 Å². The van der Waals surface area contributed by atoms with Gasteiger partial charge in [0, 0.05) is 52.2 Å². The normalized spacial score (nSPS) is 22.7. The van der Waals surface area contributed by atoms with E-state index in [1.54, 1.807) is 0 Å². The van der Waals surface area contributed by atoms with Crippen LogP contribution < -0.4 is 4.90 Å². The van der Waals surface area contributed by atoms with Crippen molar-refractivity contribution in [1.82, 2.24) is 20.0 Å². The molecule has 2 saturated heterocycles. The lowest BCUT2D eigenvalue weighted by molar-refractivity contribution is -0.138. The summed E-state index contributed by atoms with van der Waals surface area (Å²) in [6.07, 6.45) is -1.67. The van der Waals surface area contributed by atoms with Gasteiger partial charge in [-0.15, -0.1) is 10.2 Å². The SMILES string of the molecule is C[C@H]1CCCN(C(=O)CCN2CCN(c3nnc(C(F)(F)F)s3)CC2)C1. The van der Waals surface area contributed by atoms with Crippen LogP contribution in [0.3, 0.4) is 0 Å². The van der Waals surface area contributed by atoms with Gasteiger partial charge < -0.3 is 9.80 Å². The van der Waals surface area contributed by atoms with Crippen molar-refractivity contribution in [1.29, 1.82) is 0 Å². The van der Waals surface area contributed by atoms with Gasteiger partial charge in [-0.25, -0.2) is 0 Å². The maximum Gasteiger partial charge on any atom is 0.445 e. The smallest absolute Gasteiger partial charge is 0.344 e. The minimum atomic E-state index is -4.44. The van der Waals surface area contributed by atoms with Crippen molar-refractivity contribution in [3.8, 4) is 0 Å². The van der Waals surface area contributed by atoms with E-state index in [4.69, 9.17) is 0 Å². The molecular formula is C16H24F3N5OS. The maximum atomic E-state index is 12.6. The molecular weight excluding hydrogens is 367 g/mol. The first-order valence-electron chi connectivity index (χ1n) is 8.98. The third kappa shape index (κ3) is 4.85. The average molecular weight is 391 g/mol. The molecule has 0 radical (unpaired) electrons. The van der Waals surface area contributed by atoms with E-state index >= 15 is 0 Å². The van der Waals surface area contributed by atoms with E-state index in [1.165, 1.54) is 6.42 Å². The number of carbonyl (C=O) groups excluding carboxylic acids is 1. The standard InChI is InChI=1S/C16H24F3N5OS/c1-12-3-2-5-24(11-12)13(25)4-6-22-7-9-23(10-8-22)15-21-20-14(26-15)16(17,18)19/h12H,2-11H2,1H3/t12-/m0/s1. The number of hydrogen-bond acceptors (Lipinski definition) is 6. The quantitative estimate of drug-likeness (QED) is 0.789. The lowest BCUT2D eigenvalue weighted by atomic mass is 10.00. The van der Waals surface area contributed by atoms with Gasteiger partial charge in [0.15, 0.2) is 0 Å². The Labute approximate surface area is 155 Å². The number of likely N-dealkylation sites (tertiary alicyclic amines) is 1. The predicted octanol–water partition coefficient (Wildman–Crippen LogP) is 2.33. The van der Waals surface area contributed by atoms with Gasteiger partial charge in [0.1, 0.15) is 0 Å². The number of amides is 1. The van der Waals surface area contributed by atoms with Gasteiger partial charge in [-0.1, -0.05) is 18.3 Å². The summed E-state index contributed by atoms with van der Waals surface area (Å²) in [5.74, 6) is 0.780. The van der Waals surface area contributed by atoms with Crippen LogP contribution in [0.4, 0.5) is 18.3 Å². The molecule has 10 heteroatoms. The van der Waals surface area contributed by atoms with Gasteiger partial charge >= 0.3 is 6.18 Å². The molecule has 0 N–H and O–H groups in total. The van der Waals surface area contributed by atoms with Gasteiger partial charge in [-0.2, -0.15) is 13.2 Å². The fourth-order valence-electron chi connectivity index (χ4n) is 3.45. The second-order valence-corrected chi connectivity index (χ2v) is 8.01. The number of piperazine rings is 1. The van der Waals surface area contributed by atoms with Crippen LogP contribution in [0, 0.1) is 5.92 Å². The minimum Gasteiger partial charge on any atom is -0.344 e. The van der Waals surface area contributed by atoms with Crippen molar-refractivity contribution in [3.05, 3.63) is 5.01 Å². The van der Waals surface area contributed by atoms with Crippen LogP contribution in [0.25, 0.3) is 0 Å². The third-order valence-electron chi connectivity index (χ3n) is 4.95. The largest absolute Gasteiger partial charge is 0.445 e. The summed E-state index contributed by atoms with van der Waals surface area (Å²) in [5.41, 5.74) is 0. The van der Waals surface area contributed by atoms with Crippen molar-refractivity contribution >= 4 is 22.4 Å². The Kier molecular flexibility index (Phi) is 6.01. The number of halogens is 3. The van der Waals surface area contributed by atoms with Crippen LogP contribution in [0.15, 0.2) is 0 Å². The van der Waals surface area contributed by atoms with E-state index in [0.717, 1.165) is 19.5 Å². The highest BCUT2D eigenvalue weighted by Crippen LogP contribution is 2.34. The summed E-state index contributed by atoms with van der Waals surface area (Å²) >= 11 is 0.584. The van der Waals surface area contributed by atoms with Crippen molar-refractivity contribution in [2.75, 3.05) is 50.7 Å². The zero-order valence-electron chi connectivity index (χ0n) is 14.8. The topological polar surface area (TPSA) is 52.6 Å². The van der Waals surface area contributed by atoms with E-state index < -0.39 is 11.2 Å². The van der Waals surface area contributed by atoms with Gasteiger partial charge in [-0.05, 0) is 18.8 Å². The van der Waals surface area contributed by atoms with Gasteiger partial charge in [-0.3, -0.25) is 9.69 Å². The number of alkyl halides is 3. The molecule has 1 amide bonds. The fourth-order valence-corrected chi connectivity index (χ4v) is 4.21. The highest BCUT2D eigenvalue weighted by atomic mass is 32.1. The van der Waals surface area contributed by atoms with Crippen LogP contribution in [0.2, 0.25) is 0 Å². The Morgan fingerprint density at radius 3 is 2.54 bits per heavy atom. The molecule has 0 spiro atoms. The minimum absolute atomic E-state index is 0.206. The molecule has 146 valence electrons. The number of anilines is 1. The summed E-state index contributed by atoms with van der Waals surface area (Å²) < 4.78 is 37.9. The van der Waals surface area contributed by atoms with E-state index in [2.05, 4.69) is 22.0 Å². The summed E-state index contributed by atoms with van der Waals surface area (Å²) in [5, 5.41) is 6.32. The number of rotatable bonds is 4. The lowest BCUT2D eigenvalue weighted by Crippen LogP contribution is -2.48. The first-order chi connectivity index (χ1) is 12.3. The molecule has 0 aromatic carbocycles. The molecule has 2 aliphatic heterocycles. The second kappa shape index (κ2) is 8.08. The van der Waals surface area contributed by atoms with Gasteiger partial charge in [0.25, 0.3) is 0 Å². The first kappa shape index (κ1) is 19.3. The number of aromatic nitrogens is 2. The van der Waals surface area contributed by atoms with Crippen LogP contribution in [-0.2, 0) is 11.0 Å². The molecule has 3 rings (SSSR count). The van der Waals surface area contributed by atoms with Crippen molar-refractivity contribution in [3.63, 3.8) is 0 Å². The average Bonchev–Trinajstić information content (AvgIpc) is 3.10. The molecule has 0 bridgehead atoms. The fraction of sp³-hybridized carbons (Fsp3) is 0.812. The second-order valence-electron chi connectivity index (χ2n) is 7.05. The Balaban J connectivity index is 1.42. The van der Waals surface area contributed by atoms with Crippen LogP contribution >= 0.6 is 11.3 Å². The molecule has 0 aliphatic carbocycles. The summed E-state index contributed by atoms with van der Waals surface area (Å²) in [6.45, 7) is 7.20. The summed E-state index contributed by atoms with van der Waals surface area (Å²) in [4.78, 5) is 18.3. The Bertz CT molecular complexity index is 615. The zero-order chi connectivity index (χ0) is 18.7. The number of piperidine rings is 1. The molecule has 1 atom stereocenters. The molecule has 1 aromatic heterocycles.